The minimum atomic E-state index is -0.613. The third kappa shape index (κ3) is 4.14. The Labute approximate surface area is 149 Å². The van der Waals surface area contributed by atoms with Gasteiger partial charge in [0.05, 0.1) is 9.21 Å². The standard InChI is InChI=1S/C17H18ClN3O2S/c1-21(2)10-11-4-3-5-12(8-11)19-17(22)14-9-13(20-23-14)15-6-7-16(18)24-15/h3-8,14H,9-10H2,1-2H3,(H,19,22). The first kappa shape index (κ1) is 17.0. The summed E-state index contributed by atoms with van der Waals surface area (Å²) < 4.78 is 0.693. The molecule has 0 radical (unpaired) electrons. The number of oxime groups is 1. The Balaban J connectivity index is 1.60. The largest absolute Gasteiger partial charge is 0.382 e. The van der Waals surface area contributed by atoms with E-state index in [4.69, 9.17) is 16.4 Å². The number of hydrogen-bond acceptors (Lipinski definition) is 5. The highest BCUT2D eigenvalue weighted by Crippen LogP contribution is 2.26. The van der Waals surface area contributed by atoms with Crippen LogP contribution in [0.25, 0.3) is 0 Å². The van der Waals surface area contributed by atoms with Crippen LogP contribution < -0.4 is 5.32 Å². The molecular formula is C17H18ClN3O2S. The van der Waals surface area contributed by atoms with Gasteiger partial charge in [-0.1, -0.05) is 28.9 Å². The lowest BCUT2D eigenvalue weighted by Gasteiger charge is -2.13. The average molecular weight is 364 g/mol. The highest BCUT2D eigenvalue weighted by atomic mass is 35.5. The van der Waals surface area contributed by atoms with Gasteiger partial charge >= 0.3 is 0 Å². The number of hydrogen-bond donors (Lipinski definition) is 1. The molecule has 1 aliphatic rings. The van der Waals surface area contributed by atoms with E-state index in [2.05, 4.69) is 15.4 Å². The second-order valence-electron chi connectivity index (χ2n) is 5.87. The third-order valence-electron chi connectivity index (χ3n) is 3.51. The van der Waals surface area contributed by atoms with Crippen molar-refractivity contribution in [3.63, 3.8) is 0 Å². The highest BCUT2D eigenvalue weighted by Gasteiger charge is 2.29. The van der Waals surface area contributed by atoms with Gasteiger partial charge in [-0.05, 0) is 43.9 Å². The van der Waals surface area contributed by atoms with Gasteiger partial charge < -0.3 is 15.1 Å². The number of carbonyl (C=O) groups excluding carboxylic acids is 1. The quantitative estimate of drug-likeness (QED) is 0.883. The van der Waals surface area contributed by atoms with Gasteiger partial charge in [0.15, 0.2) is 0 Å². The van der Waals surface area contributed by atoms with Gasteiger partial charge in [0.1, 0.15) is 5.71 Å². The van der Waals surface area contributed by atoms with E-state index in [0.717, 1.165) is 28.4 Å². The van der Waals surface area contributed by atoms with Gasteiger partial charge in [0.2, 0.25) is 6.10 Å². The SMILES string of the molecule is CN(C)Cc1cccc(NC(=O)C2CC(c3ccc(Cl)s3)=NO2)c1. The second kappa shape index (κ2) is 7.34. The lowest BCUT2D eigenvalue weighted by Crippen LogP contribution is -2.28. The Morgan fingerprint density at radius 3 is 2.96 bits per heavy atom. The predicted molar refractivity (Wildman–Crippen MR) is 97.8 cm³/mol. The number of anilines is 1. The van der Waals surface area contributed by atoms with Crippen molar-refractivity contribution < 1.29 is 9.63 Å². The van der Waals surface area contributed by atoms with Gasteiger partial charge in [-0.3, -0.25) is 4.79 Å². The van der Waals surface area contributed by atoms with Crippen LogP contribution in [-0.4, -0.2) is 36.7 Å². The van der Waals surface area contributed by atoms with Crippen LogP contribution in [0.5, 0.6) is 0 Å². The molecule has 126 valence electrons. The lowest BCUT2D eigenvalue weighted by atomic mass is 10.1. The number of nitrogens with one attached hydrogen (secondary N) is 1. The van der Waals surface area contributed by atoms with Gasteiger partial charge in [-0.2, -0.15) is 0 Å². The Kier molecular flexibility index (Phi) is 5.18. The monoisotopic (exact) mass is 363 g/mol. The summed E-state index contributed by atoms with van der Waals surface area (Å²) in [7, 11) is 4.01. The van der Waals surface area contributed by atoms with Crippen LogP contribution >= 0.6 is 22.9 Å². The zero-order valence-electron chi connectivity index (χ0n) is 13.5. The summed E-state index contributed by atoms with van der Waals surface area (Å²) in [4.78, 5) is 20.7. The molecule has 1 atom stereocenters. The molecule has 1 aliphatic heterocycles. The smallest absolute Gasteiger partial charge is 0.268 e. The van der Waals surface area contributed by atoms with E-state index in [1.54, 1.807) is 0 Å². The van der Waals surface area contributed by atoms with E-state index in [0.29, 0.717) is 10.8 Å². The molecule has 0 saturated carbocycles. The van der Waals surface area contributed by atoms with Gasteiger partial charge in [-0.15, -0.1) is 11.3 Å². The van der Waals surface area contributed by atoms with E-state index in [9.17, 15) is 4.79 Å². The summed E-state index contributed by atoms with van der Waals surface area (Å²) in [5, 5.41) is 6.92. The summed E-state index contributed by atoms with van der Waals surface area (Å²) in [6, 6.07) is 11.5. The van der Waals surface area contributed by atoms with Crippen LogP contribution in [0.1, 0.15) is 16.9 Å². The van der Waals surface area contributed by atoms with Crippen molar-refractivity contribution in [2.24, 2.45) is 5.16 Å². The summed E-state index contributed by atoms with van der Waals surface area (Å²) in [5.74, 6) is -0.196. The van der Waals surface area contributed by atoms with Crippen LogP contribution in [0.2, 0.25) is 4.34 Å². The van der Waals surface area contributed by atoms with Crippen molar-refractivity contribution in [2.45, 2.75) is 19.1 Å². The van der Waals surface area contributed by atoms with Crippen LogP contribution in [0, 0.1) is 0 Å². The molecule has 2 heterocycles. The molecule has 1 aromatic heterocycles. The molecule has 0 fully saturated rings. The molecule has 7 heteroatoms. The molecule has 0 saturated heterocycles. The average Bonchev–Trinajstić information content (AvgIpc) is 3.15. The maximum Gasteiger partial charge on any atom is 0.268 e. The first-order valence-corrected chi connectivity index (χ1v) is 8.73. The minimum Gasteiger partial charge on any atom is -0.382 e. The Morgan fingerprint density at radius 2 is 2.25 bits per heavy atom. The summed E-state index contributed by atoms with van der Waals surface area (Å²) in [6.45, 7) is 0.816. The highest BCUT2D eigenvalue weighted by molar-refractivity contribution is 7.18. The maximum absolute atomic E-state index is 12.4. The van der Waals surface area contributed by atoms with Crippen molar-refractivity contribution >= 4 is 40.2 Å². The summed E-state index contributed by atoms with van der Waals surface area (Å²) in [5.41, 5.74) is 2.65. The molecule has 1 aromatic carbocycles. The molecule has 3 rings (SSSR count). The summed E-state index contributed by atoms with van der Waals surface area (Å²) in [6.07, 6.45) is -0.168. The number of halogens is 1. The number of benzene rings is 1. The number of thiophene rings is 1. The number of amides is 1. The second-order valence-corrected chi connectivity index (χ2v) is 7.58. The van der Waals surface area contributed by atoms with Crippen molar-refractivity contribution in [2.75, 3.05) is 19.4 Å². The lowest BCUT2D eigenvalue weighted by molar-refractivity contribution is -0.125. The van der Waals surface area contributed by atoms with E-state index >= 15 is 0 Å². The molecule has 0 spiro atoms. The van der Waals surface area contributed by atoms with Gasteiger partial charge in [0, 0.05) is 18.7 Å². The Bertz CT molecular complexity index is 773. The van der Waals surface area contributed by atoms with Crippen molar-refractivity contribution in [3.8, 4) is 0 Å². The molecule has 0 bridgehead atoms. The van der Waals surface area contributed by atoms with E-state index < -0.39 is 6.10 Å². The van der Waals surface area contributed by atoms with Gasteiger partial charge in [0.25, 0.3) is 5.91 Å². The normalized spacial score (nSPS) is 16.8. The molecule has 0 aliphatic carbocycles. The topological polar surface area (TPSA) is 53.9 Å². The van der Waals surface area contributed by atoms with Crippen molar-refractivity contribution in [1.82, 2.24) is 4.90 Å². The fourth-order valence-corrected chi connectivity index (χ4v) is 3.50. The first-order chi connectivity index (χ1) is 11.5. The molecule has 1 N–H and O–H groups in total. The van der Waals surface area contributed by atoms with Crippen LogP contribution in [0.4, 0.5) is 5.69 Å². The molecule has 1 amide bonds. The number of nitrogens with zero attached hydrogens (tertiary/aromatic N) is 2. The zero-order chi connectivity index (χ0) is 17.1. The van der Waals surface area contributed by atoms with Crippen molar-refractivity contribution in [1.29, 1.82) is 0 Å². The minimum absolute atomic E-state index is 0.196. The van der Waals surface area contributed by atoms with E-state index in [1.165, 1.54) is 11.3 Å². The fraction of sp³-hybridized carbons (Fsp3) is 0.294. The number of carbonyl (C=O) groups is 1. The number of rotatable bonds is 5. The Hall–Kier alpha value is -1.89. The molecule has 2 aromatic rings. The summed E-state index contributed by atoms with van der Waals surface area (Å²) >= 11 is 7.36. The van der Waals surface area contributed by atoms with E-state index in [1.807, 2.05) is 50.5 Å². The van der Waals surface area contributed by atoms with Crippen molar-refractivity contribution in [3.05, 3.63) is 51.2 Å². The molecule has 5 nitrogen and oxygen atoms in total. The first-order valence-electron chi connectivity index (χ1n) is 7.54. The predicted octanol–water partition coefficient (Wildman–Crippen LogP) is 3.59. The Morgan fingerprint density at radius 1 is 1.42 bits per heavy atom. The van der Waals surface area contributed by atoms with E-state index in [-0.39, 0.29) is 5.91 Å². The molecular weight excluding hydrogens is 346 g/mol. The van der Waals surface area contributed by atoms with Crippen LogP contribution in [0.15, 0.2) is 41.6 Å². The van der Waals surface area contributed by atoms with Crippen LogP contribution in [-0.2, 0) is 16.2 Å². The third-order valence-corrected chi connectivity index (χ3v) is 4.79. The zero-order valence-corrected chi connectivity index (χ0v) is 15.0. The maximum atomic E-state index is 12.4. The molecule has 1 unspecified atom stereocenters. The van der Waals surface area contributed by atoms with Gasteiger partial charge in [-0.25, -0.2) is 0 Å². The van der Waals surface area contributed by atoms with Crippen LogP contribution in [0.3, 0.4) is 0 Å². The molecule has 24 heavy (non-hydrogen) atoms. The fourth-order valence-electron chi connectivity index (χ4n) is 2.47.